The first-order valence-corrected chi connectivity index (χ1v) is 4.71. The van der Waals surface area contributed by atoms with E-state index in [2.05, 4.69) is 5.32 Å². The van der Waals surface area contributed by atoms with Crippen LogP contribution in [-0.2, 0) is 9.59 Å². The molecule has 2 rings (SSSR count). The van der Waals surface area contributed by atoms with Crippen LogP contribution in [0.1, 0.15) is 6.92 Å². The monoisotopic (exact) mass is 225 g/mol. The predicted octanol–water partition coefficient (Wildman–Crippen LogP) is 1.54. The summed E-state index contributed by atoms with van der Waals surface area (Å²) in [6.07, 6.45) is 0. The zero-order valence-electron chi connectivity index (χ0n) is 7.91. The number of hydrogen-bond donors (Lipinski definition) is 1. The first-order chi connectivity index (χ1) is 7.04. The predicted molar refractivity (Wildman–Crippen MR) is 55.0 cm³/mol. The van der Waals surface area contributed by atoms with Gasteiger partial charge in [-0.2, -0.15) is 0 Å². The summed E-state index contributed by atoms with van der Waals surface area (Å²) in [5.41, 5.74) is -1.10. The number of ether oxygens (including phenoxy) is 1. The number of anilines is 1. The SMILES string of the molecule is C[C@@]1(C(=O)Cl)Oc2ccccc2NC1=O. The van der Waals surface area contributed by atoms with Crippen LogP contribution in [0.5, 0.6) is 5.75 Å². The summed E-state index contributed by atoms with van der Waals surface area (Å²) < 4.78 is 5.30. The van der Waals surface area contributed by atoms with Gasteiger partial charge in [0.2, 0.25) is 0 Å². The quantitative estimate of drug-likeness (QED) is 0.583. The lowest BCUT2D eigenvalue weighted by Gasteiger charge is -2.31. The molecule has 0 aromatic heterocycles. The van der Waals surface area contributed by atoms with Gasteiger partial charge in [0.05, 0.1) is 5.69 Å². The van der Waals surface area contributed by atoms with Gasteiger partial charge in [-0.25, -0.2) is 0 Å². The molecule has 0 aliphatic carbocycles. The summed E-state index contributed by atoms with van der Waals surface area (Å²) in [4.78, 5) is 22.7. The highest BCUT2D eigenvalue weighted by Crippen LogP contribution is 2.33. The second kappa shape index (κ2) is 3.24. The van der Waals surface area contributed by atoms with E-state index in [0.717, 1.165) is 0 Å². The van der Waals surface area contributed by atoms with Crippen molar-refractivity contribution >= 4 is 28.4 Å². The molecule has 1 heterocycles. The third kappa shape index (κ3) is 1.47. The Kier molecular flexibility index (Phi) is 2.16. The van der Waals surface area contributed by atoms with E-state index in [1.807, 2.05) is 0 Å². The van der Waals surface area contributed by atoms with E-state index in [-0.39, 0.29) is 0 Å². The minimum atomic E-state index is -1.64. The second-order valence-corrected chi connectivity index (χ2v) is 3.70. The number of benzene rings is 1. The van der Waals surface area contributed by atoms with Gasteiger partial charge in [-0.05, 0) is 30.7 Å². The lowest BCUT2D eigenvalue weighted by molar-refractivity contribution is -0.140. The Morgan fingerprint density at radius 3 is 2.80 bits per heavy atom. The maximum absolute atomic E-state index is 11.6. The lowest BCUT2D eigenvalue weighted by atomic mass is 10.1. The molecule has 15 heavy (non-hydrogen) atoms. The number of halogens is 1. The largest absolute Gasteiger partial charge is 0.466 e. The number of fused-ring (bicyclic) bond motifs is 1. The molecule has 0 saturated heterocycles. The van der Waals surface area contributed by atoms with Crippen LogP contribution < -0.4 is 10.1 Å². The smallest absolute Gasteiger partial charge is 0.277 e. The van der Waals surface area contributed by atoms with E-state index in [4.69, 9.17) is 16.3 Å². The highest BCUT2D eigenvalue weighted by molar-refractivity contribution is 6.67. The van der Waals surface area contributed by atoms with Crippen molar-refractivity contribution in [3.8, 4) is 5.75 Å². The molecule has 1 aliphatic rings. The zero-order valence-corrected chi connectivity index (χ0v) is 8.67. The zero-order chi connectivity index (χ0) is 11.1. The second-order valence-electron chi connectivity index (χ2n) is 3.36. The van der Waals surface area contributed by atoms with E-state index in [1.165, 1.54) is 6.92 Å². The van der Waals surface area contributed by atoms with Gasteiger partial charge in [-0.3, -0.25) is 9.59 Å². The molecule has 0 spiro atoms. The highest BCUT2D eigenvalue weighted by Gasteiger charge is 2.46. The molecular formula is C10H8ClNO3. The molecule has 0 fully saturated rings. The van der Waals surface area contributed by atoms with Crippen molar-refractivity contribution in [3.05, 3.63) is 24.3 Å². The van der Waals surface area contributed by atoms with Gasteiger partial charge in [0, 0.05) is 0 Å². The van der Waals surface area contributed by atoms with Crippen LogP contribution in [0.3, 0.4) is 0 Å². The van der Waals surface area contributed by atoms with Gasteiger partial charge < -0.3 is 10.1 Å². The summed E-state index contributed by atoms with van der Waals surface area (Å²) in [6, 6.07) is 6.85. The van der Waals surface area contributed by atoms with Gasteiger partial charge in [0.25, 0.3) is 16.8 Å². The van der Waals surface area contributed by atoms with Gasteiger partial charge in [0.1, 0.15) is 5.75 Å². The Labute approximate surface area is 91.2 Å². The van der Waals surface area contributed by atoms with Gasteiger partial charge in [-0.1, -0.05) is 12.1 Å². The molecule has 0 saturated carbocycles. The number of amides is 1. The number of nitrogens with one attached hydrogen (secondary N) is 1. The van der Waals surface area contributed by atoms with Crippen molar-refractivity contribution in [3.63, 3.8) is 0 Å². The molecule has 0 unspecified atom stereocenters. The van der Waals surface area contributed by atoms with Crippen LogP contribution in [0.25, 0.3) is 0 Å². The first kappa shape index (κ1) is 9.98. The Balaban J connectivity index is 2.46. The molecule has 0 radical (unpaired) electrons. The molecular weight excluding hydrogens is 218 g/mol. The van der Waals surface area contributed by atoms with E-state index >= 15 is 0 Å². The average molecular weight is 226 g/mol. The molecule has 5 heteroatoms. The molecule has 1 aromatic rings. The summed E-state index contributed by atoms with van der Waals surface area (Å²) in [7, 11) is 0. The van der Waals surface area contributed by atoms with E-state index in [0.29, 0.717) is 11.4 Å². The van der Waals surface area contributed by atoms with Crippen molar-refractivity contribution in [1.82, 2.24) is 0 Å². The van der Waals surface area contributed by atoms with Gasteiger partial charge in [-0.15, -0.1) is 0 Å². The van der Waals surface area contributed by atoms with Crippen molar-refractivity contribution in [2.75, 3.05) is 5.32 Å². The Morgan fingerprint density at radius 2 is 2.13 bits per heavy atom. The van der Waals surface area contributed by atoms with Crippen LogP contribution in [-0.4, -0.2) is 16.8 Å². The van der Waals surface area contributed by atoms with Crippen molar-refractivity contribution in [2.24, 2.45) is 0 Å². The molecule has 0 bridgehead atoms. The molecule has 1 atom stereocenters. The molecule has 1 aliphatic heterocycles. The third-order valence-corrected chi connectivity index (χ3v) is 2.62. The highest BCUT2D eigenvalue weighted by atomic mass is 35.5. The third-order valence-electron chi connectivity index (χ3n) is 2.26. The van der Waals surface area contributed by atoms with Crippen LogP contribution in [0.4, 0.5) is 5.69 Å². The number of para-hydroxylation sites is 2. The summed E-state index contributed by atoms with van der Waals surface area (Å²) in [5.74, 6) is -0.116. The minimum absolute atomic E-state index is 0.439. The minimum Gasteiger partial charge on any atom is -0.466 e. The van der Waals surface area contributed by atoms with Gasteiger partial charge >= 0.3 is 0 Å². The molecule has 1 aromatic carbocycles. The average Bonchev–Trinajstić information content (AvgIpc) is 2.19. The maximum atomic E-state index is 11.6. The van der Waals surface area contributed by atoms with Crippen molar-refractivity contribution < 1.29 is 14.3 Å². The van der Waals surface area contributed by atoms with Crippen molar-refractivity contribution in [2.45, 2.75) is 12.5 Å². The summed E-state index contributed by atoms with van der Waals surface area (Å²) >= 11 is 5.33. The topological polar surface area (TPSA) is 55.4 Å². The van der Waals surface area contributed by atoms with Crippen molar-refractivity contribution in [1.29, 1.82) is 0 Å². The van der Waals surface area contributed by atoms with E-state index < -0.39 is 16.8 Å². The van der Waals surface area contributed by atoms with Crippen LogP contribution in [0.15, 0.2) is 24.3 Å². The van der Waals surface area contributed by atoms with Crippen LogP contribution in [0, 0.1) is 0 Å². The standard InChI is InChI=1S/C10H8ClNO3/c1-10(8(11)13)9(14)12-6-4-2-3-5-7(6)15-10/h2-5H,1H3,(H,12,14)/t10-/m0/s1. The first-order valence-electron chi connectivity index (χ1n) is 4.33. The molecule has 1 amide bonds. The van der Waals surface area contributed by atoms with Crippen LogP contribution >= 0.6 is 11.6 Å². The van der Waals surface area contributed by atoms with Crippen LogP contribution in [0.2, 0.25) is 0 Å². The normalized spacial score (nSPS) is 23.7. The molecule has 1 N–H and O–H groups in total. The number of hydrogen-bond acceptors (Lipinski definition) is 3. The number of carbonyl (C=O) groups excluding carboxylic acids is 2. The summed E-state index contributed by atoms with van der Waals surface area (Å²) in [6.45, 7) is 1.34. The fourth-order valence-electron chi connectivity index (χ4n) is 1.30. The Bertz CT molecular complexity index is 446. The van der Waals surface area contributed by atoms with E-state index in [1.54, 1.807) is 24.3 Å². The molecule has 4 nitrogen and oxygen atoms in total. The van der Waals surface area contributed by atoms with Gasteiger partial charge in [0.15, 0.2) is 0 Å². The Morgan fingerprint density at radius 1 is 1.47 bits per heavy atom. The molecule has 78 valence electrons. The maximum Gasteiger partial charge on any atom is 0.277 e. The number of rotatable bonds is 1. The fourth-order valence-corrected chi connectivity index (χ4v) is 1.42. The van der Waals surface area contributed by atoms with E-state index in [9.17, 15) is 9.59 Å². The lowest BCUT2D eigenvalue weighted by Crippen LogP contribution is -2.52. The summed E-state index contributed by atoms with van der Waals surface area (Å²) in [5, 5.41) is 1.72. The number of carbonyl (C=O) groups is 2. The Hall–Kier alpha value is -1.55. The fraction of sp³-hybridized carbons (Fsp3) is 0.200.